The molecule has 0 saturated carbocycles. The number of benzene rings is 2. The van der Waals surface area contributed by atoms with E-state index in [-0.39, 0.29) is 18.8 Å². The minimum absolute atomic E-state index is 0.0654. The number of amides is 1. The van der Waals surface area contributed by atoms with Gasteiger partial charge in [0.1, 0.15) is 30.5 Å². The van der Waals surface area contributed by atoms with Crippen molar-refractivity contribution in [3.8, 4) is 11.5 Å². The van der Waals surface area contributed by atoms with Crippen LogP contribution in [0.1, 0.15) is 27.5 Å². The Morgan fingerprint density at radius 1 is 1.10 bits per heavy atom. The average Bonchev–Trinajstić information content (AvgIpc) is 3.40. The van der Waals surface area contributed by atoms with Crippen molar-refractivity contribution in [2.24, 2.45) is 0 Å². The summed E-state index contributed by atoms with van der Waals surface area (Å²) >= 11 is 0. The predicted octanol–water partition coefficient (Wildman–Crippen LogP) is 3.19. The lowest BCUT2D eigenvalue weighted by Crippen LogP contribution is -2.48. The van der Waals surface area contributed by atoms with E-state index in [4.69, 9.17) is 13.9 Å². The Morgan fingerprint density at radius 3 is 2.49 bits per heavy atom. The molecule has 0 radical (unpaired) electrons. The number of nitrogens with zero attached hydrogens (tertiary/aromatic N) is 3. The fraction of sp³-hybridized carbons (Fsp3) is 0.407. The summed E-state index contributed by atoms with van der Waals surface area (Å²) in [5, 5.41) is 12.9. The number of alkyl halides is 3. The zero-order valence-electron chi connectivity index (χ0n) is 21.5. The van der Waals surface area contributed by atoms with E-state index in [2.05, 4.69) is 20.1 Å². The third-order valence-electron chi connectivity index (χ3n) is 6.29. The molecule has 1 aliphatic rings. The second-order valence-corrected chi connectivity index (χ2v) is 9.22. The summed E-state index contributed by atoms with van der Waals surface area (Å²) in [7, 11) is 1.59. The topological polar surface area (TPSA) is 100 Å². The zero-order valence-corrected chi connectivity index (χ0v) is 21.5. The summed E-state index contributed by atoms with van der Waals surface area (Å²) in [6.07, 6.45) is -3.84. The highest BCUT2D eigenvalue weighted by Crippen LogP contribution is 2.29. The van der Waals surface area contributed by atoms with E-state index in [1.165, 1.54) is 18.4 Å². The van der Waals surface area contributed by atoms with Crippen molar-refractivity contribution < 1.29 is 37.0 Å². The smallest absolute Gasteiger partial charge is 0.416 e. The molecule has 0 bridgehead atoms. The number of carbonyl (C=O) groups is 1. The van der Waals surface area contributed by atoms with Gasteiger partial charge in [0.05, 0.1) is 19.2 Å². The molecule has 1 atom stereocenters. The lowest BCUT2D eigenvalue weighted by molar-refractivity contribution is -0.137. The number of rotatable bonds is 11. The van der Waals surface area contributed by atoms with Crippen LogP contribution < -0.4 is 14.8 Å². The van der Waals surface area contributed by atoms with Crippen molar-refractivity contribution in [3.63, 3.8) is 0 Å². The molecule has 1 amide bonds. The van der Waals surface area contributed by atoms with Gasteiger partial charge < -0.3 is 24.3 Å². The normalized spacial score (nSPS) is 15.6. The molecule has 1 saturated heterocycles. The number of carbonyl (C=O) groups excluding carboxylic acids is 1. The number of methoxy groups -OCH3 is 1. The van der Waals surface area contributed by atoms with Crippen LogP contribution >= 0.6 is 0 Å². The number of oxazole rings is 1. The number of ether oxygens (including phenoxy) is 2. The van der Waals surface area contributed by atoms with Gasteiger partial charge in [0, 0.05) is 39.3 Å². The highest BCUT2D eigenvalue weighted by atomic mass is 19.4. The summed E-state index contributed by atoms with van der Waals surface area (Å²) in [6, 6.07) is 12.0. The van der Waals surface area contributed by atoms with E-state index in [1.807, 2.05) is 0 Å². The Kier molecular flexibility index (Phi) is 9.44. The molecular weight excluding hydrogens is 517 g/mol. The Morgan fingerprint density at radius 2 is 1.79 bits per heavy atom. The number of hydrogen-bond donors (Lipinski definition) is 2. The van der Waals surface area contributed by atoms with Crippen molar-refractivity contribution in [1.82, 2.24) is 20.1 Å². The SMILES string of the molecule is COc1ccc(OC[C@@H](O)CN2CCN(Cc3nc(C(=O)NCc4cccc(C(F)(F)F)c4)co3)CC2)cc1. The second-order valence-electron chi connectivity index (χ2n) is 9.22. The van der Waals surface area contributed by atoms with Gasteiger partial charge in [0.25, 0.3) is 5.91 Å². The molecule has 1 fully saturated rings. The van der Waals surface area contributed by atoms with Gasteiger partial charge in [-0.2, -0.15) is 13.2 Å². The number of hydrogen-bond acceptors (Lipinski definition) is 8. The minimum atomic E-state index is -4.45. The summed E-state index contributed by atoms with van der Waals surface area (Å²) < 4.78 is 54.8. The van der Waals surface area contributed by atoms with Crippen LogP contribution in [0.15, 0.2) is 59.2 Å². The number of β-amino-alcohol motifs (C(OH)–C–C–N with tert-alkyl or cyclic N) is 1. The van der Waals surface area contributed by atoms with Gasteiger partial charge in [0.2, 0.25) is 5.89 Å². The van der Waals surface area contributed by atoms with Crippen LogP contribution in [0, 0.1) is 0 Å². The first-order valence-corrected chi connectivity index (χ1v) is 12.5. The molecule has 210 valence electrons. The van der Waals surface area contributed by atoms with Gasteiger partial charge in [-0.25, -0.2) is 4.98 Å². The van der Waals surface area contributed by atoms with E-state index < -0.39 is 23.8 Å². The molecule has 1 aliphatic heterocycles. The van der Waals surface area contributed by atoms with E-state index >= 15 is 0 Å². The Bertz CT molecular complexity index is 1210. The van der Waals surface area contributed by atoms with Crippen LogP contribution in [-0.4, -0.2) is 78.3 Å². The van der Waals surface area contributed by atoms with Crippen LogP contribution in [0.25, 0.3) is 0 Å². The number of aromatic nitrogens is 1. The van der Waals surface area contributed by atoms with Gasteiger partial charge in [0.15, 0.2) is 5.69 Å². The van der Waals surface area contributed by atoms with Gasteiger partial charge in [-0.15, -0.1) is 0 Å². The van der Waals surface area contributed by atoms with Gasteiger partial charge in [-0.05, 0) is 42.0 Å². The minimum Gasteiger partial charge on any atom is -0.497 e. The highest BCUT2D eigenvalue weighted by molar-refractivity contribution is 5.91. The number of aliphatic hydroxyl groups is 1. The summed E-state index contributed by atoms with van der Waals surface area (Å²) in [5.41, 5.74) is -0.373. The molecule has 0 spiro atoms. The maximum absolute atomic E-state index is 12.9. The van der Waals surface area contributed by atoms with Gasteiger partial charge in [-0.1, -0.05) is 12.1 Å². The van der Waals surface area contributed by atoms with Crippen molar-refractivity contribution in [1.29, 1.82) is 0 Å². The van der Waals surface area contributed by atoms with Crippen molar-refractivity contribution in [2.75, 3.05) is 46.4 Å². The average molecular weight is 549 g/mol. The lowest BCUT2D eigenvalue weighted by atomic mass is 10.1. The van der Waals surface area contributed by atoms with E-state index in [1.54, 1.807) is 31.4 Å². The first-order chi connectivity index (χ1) is 18.7. The van der Waals surface area contributed by atoms with E-state index in [9.17, 15) is 23.1 Å². The van der Waals surface area contributed by atoms with Crippen LogP contribution in [0.5, 0.6) is 11.5 Å². The first-order valence-electron chi connectivity index (χ1n) is 12.5. The quantitative estimate of drug-likeness (QED) is 0.377. The molecule has 12 heteroatoms. The maximum atomic E-state index is 12.9. The van der Waals surface area contributed by atoms with E-state index in [0.29, 0.717) is 30.3 Å². The largest absolute Gasteiger partial charge is 0.497 e. The number of halogens is 3. The zero-order chi connectivity index (χ0) is 27.8. The Hall–Kier alpha value is -3.61. The van der Waals surface area contributed by atoms with Crippen LogP contribution in [0.4, 0.5) is 13.2 Å². The number of aliphatic hydroxyl groups excluding tert-OH is 1. The van der Waals surface area contributed by atoms with Crippen molar-refractivity contribution in [2.45, 2.75) is 25.4 Å². The molecule has 1 aromatic heterocycles. The monoisotopic (exact) mass is 548 g/mol. The molecule has 9 nitrogen and oxygen atoms in total. The molecule has 0 unspecified atom stereocenters. The Labute approximate surface area is 224 Å². The fourth-order valence-electron chi connectivity index (χ4n) is 4.15. The number of piperazine rings is 1. The van der Waals surface area contributed by atoms with Crippen LogP contribution in [0.3, 0.4) is 0 Å². The molecule has 2 heterocycles. The molecule has 3 aromatic rings. The third kappa shape index (κ3) is 8.44. The molecule has 2 aromatic carbocycles. The predicted molar refractivity (Wildman–Crippen MR) is 135 cm³/mol. The first kappa shape index (κ1) is 28.4. The van der Waals surface area contributed by atoms with Crippen LogP contribution in [-0.2, 0) is 19.3 Å². The molecule has 39 heavy (non-hydrogen) atoms. The maximum Gasteiger partial charge on any atom is 0.416 e. The standard InChI is InChI=1S/C27H31F3N4O5/c1-37-22-5-7-23(8-6-22)38-17-21(35)15-33-9-11-34(12-10-33)16-25-32-24(18-39-25)26(36)31-14-19-3-2-4-20(13-19)27(28,29)30/h2-8,13,18,21,35H,9-12,14-17H2,1H3,(H,31,36)/t21-/m0/s1. The van der Waals surface area contributed by atoms with Gasteiger partial charge in [-0.3, -0.25) is 14.6 Å². The second kappa shape index (κ2) is 13.0. The molecule has 4 rings (SSSR count). The van der Waals surface area contributed by atoms with Crippen LogP contribution in [0.2, 0.25) is 0 Å². The van der Waals surface area contributed by atoms with E-state index in [0.717, 1.165) is 44.1 Å². The van der Waals surface area contributed by atoms with Crippen molar-refractivity contribution in [3.05, 3.63) is 77.5 Å². The van der Waals surface area contributed by atoms with Gasteiger partial charge >= 0.3 is 6.18 Å². The summed E-state index contributed by atoms with van der Waals surface area (Å²) in [6.45, 7) is 3.95. The molecular formula is C27H31F3N4O5. The fourth-order valence-corrected chi connectivity index (χ4v) is 4.15. The lowest BCUT2D eigenvalue weighted by Gasteiger charge is -2.34. The summed E-state index contributed by atoms with van der Waals surface area (Å²) in [5.74, 6) is 1.24. The molecule has 0 aliphatic carbocycles. The Balaban J connectivity index is 1.16. The van der Waals surface area contributed by atoms with Crippen molar-refractivity contribution >= 4 is 5.91 Å². The summed E-state index contributed by atoms with van der Waals surface area (Å²) in [4.78, 5) is 20.9. The molecule has 2 N–H and O–H groups in total. The number of nitrogens with one attached hydrogen (secondary N) is 1. The third-order valence-corrected chi connectivity index (χ3v) is 6.29. The highest BCUT2D eigenvalue weighted by Gasteiger charge is 2.30.